The van der Waals surface area contributed by atoms with Crippen molar-refractivity contribution in [3.8, 4) is 11.5 Å². The highest BCUT2D eigenvalue weighted by Crippen LogP contribution is 2.31. The van der Waals surface area contributed by atoms with Crippen LogP contribution in [0, 0.1) is 0 Å². The molecule has 122 valence electrons. The average molecular weight is 311 g/mol. The van der Waals surface area contributed by atoms with E-state index in [1.165, 1.54) is 24.9 Å². The molecule has 0 aliphatic carbocycles. The van der Waals surface area contributed by atoms with E-state index in [9.17, 15) is 0 Å². The SMILES string of the molecule is COc1ccc(OC(CC2CCCN2C)c2ccccc2)cc1. The van der Waals surface area contributed by atoms with Gasteiger partial charge in [0.05, 0.1) is 7.11 Å². The van der Waals surface area contributed by atoms with Gasteiger partial charge < -0.3 is 14.4 Å². The summed E-state index contributed by atoms with van der Waals surface area (Å²) < 4.78 is 11.5. The first-order chi connectivity index (χ1) is 11.3. The Morgan fingerprint density at radius 1 is 1.04 bits per heavy atom. The summed E-state index contributed by atoms with van der Waals surface area (Å²) >= 11 is 0. The van der Waals surface area contributed by atoms with E-state index >= 15 is 0 Å². The van der Waals surface area contributed by atoms with Crippen LogP contribution in [0.5, 0.6) is 11.5 Å². The lowest BCUT2D eigenvalue weighted by Gasteiger charge is -2.26. The van der Waals surface area contributed by atoms with Crippen LogP contribution in [0.1, 0.15) is 30.9 Å². The molecule has 1 aliphatic heterocycles. The molecule has 2 unspecified atom stereocenters. The highest BCUT2D eigenvalue weighted by atomic mass is 16.5. The van der Waals surface area contributed by atoms with Crippen molar-refractivity contribution in [2.24, 2.45) is 0 Å². The van der Waals surface area contributed by atoms with Crippen LogP contribution in [0.3, 0.4) is 0 Å². The summed E-state index contributed by atoms with van der Waals surface area (Å²) in [6, 6.07) is 19.0. The molecule has 3 rings (SSSR count). The zero-order valence-corrected chi connectivity index (χ0v) is 13.9. The lowest BCUT2D eigenvalue weighted by atomic mass is 10.0. The third-order valence-corrected chi connectivity index (χ3v) is 4.67. The summed E-state index contributed by atoms with van der Waals surface area (Å²) in [6.45, 7) is 1.19. The molecule has 0 aromatic heterocycles. The summed E-state index contributed by atoms with van der Waals surface area (Å²) in [5.74, 6) is 1.74. The van der Waals surface area contributed by atoms with E-state index in [0.717, 1.165) is 17.9 Å². The van der Waals surface area contributed by atoms with Crippen molar-refractivity contribution in [2.75, 3.05) is 20.7 Å². The molecular weight excluding hydrogens is 286 g/mol. The second kappa shape index (κ2) is 7.51. The first-order valence-electron chi connectivity index (χ1n) is 8.32. The summed E-state index contributed by atoms with van der Waals surface area (Å²) in [4.78, 5) is 2.45. The molecule has 2 aromatic carbocycles. The van der Waals surface area contributed by atoms with Gasteiger partial charge in [0.25, 0.3) is 0 Å². The molecule has 3 nitrogen and oxygen atoms in total. The predicted molar refractivity (Wildman–Crippen MR) is 93.1 cm³/mol. The minimum Gasteiger partial charge on any atom is -0.497 e. The van der Waals surface area contributed by atoms with Crippen LogP contribution in [-0.2, 0) is 0 Å². The van der Waals surface area contributed by atoms with Crippen LogP contribution in [0.15, 0.2) is 54.6 Å². The molecule has 0 radical (unpaired) electrons. The molecular formula is C20H25NO2. The molecule has 0 N–H and O–H groups in total. The van der Waals surface area contributed by atoms with Gasteiger partial charge in [-0.15, -0.1) is 0 Å². The normalized spacial score (nSPS) is 19.5. The first-order valence-corrected chi connectivity index (χ1v) is 8.32. The molecule has 3 heteroatoms. The standard InChI is InChI=1S/C20H25NO2/c1-21-14-6-9-17(21)15-20(16-7-4-3-5-8-16)23-19-12-10-18(22-2)11-13-19/h3-5,7-8,10-13,17,20H,6,9,14-15H2,1-2H3. The number of rotatable bonds is 6. The lowest BCUT2D eigenvalue weighted by molar-refractivity contribution is 0.152. The number of nitrogens with zero attached hydrogens (tertiary/aromatic N) is 1. The molecule has 0 saturated carbocycles. The number of ether oxygens (including phenoxy) is 2. The molecule has 1 saturated heterocycles. The number of methoxy groups -OCH3 is 1. The fourth-order valence-electron chi connectivity index (χ4n) is 3.26. The van der Waals surface area contributed by atoms with Crippen LogP contribution in [0.4, 0.5) is 0 Å². The predicted octanol–water partition coefficient (Wildman–Crippen LogP) is 4.30. The number of hydrogen-bond donors (Lipinski definition) is 0. The van der Waals surface area contributed by atoms with E-state index in [0.29, 0.717) is 6.04 Å². The Morgan fingerprint density at radius 3 is 2.35 bits per heavy atom. The van der Waals surface area contributed by atoms with Gasteiger partial charge in [-0.1, -0.05) is 30.3 Å². The Kier molecular flexibility index (Phi) is 5.19. The van der Waals surface area contributed by atoms with Gasteiger partial charge in [0.2, 0.25) is 0 Å². The van der Waals surface area contributed by atoms with Crippen molar-refractivity contribution in [1.29, 1.82) is 0 Å². The van der Waals surface area contributed by atoms with Crippen LogP contribution >= 0.6 is 0 Å². The van der Waals surface area contributed by atoms with E-state index in [2.05, 4.69) is 42.3 Å². The Hall–Kier alpha value is -2.00. The molecule has 1 heterocycles. The van der Waals surface area contributed by atoms with Crippen molar-refractivity contribution in [3.05, 3.63) is 60.2 Å². The average Bonchev–Trinajstić information content (AvgIpc) is 3.00. The molecule has 0 amide bonds. The van der Waals surface area contributed by atoms with E-state index in [1.54, 1.807) is 7.11 Å². The van der Waals surface area contributed by atoms with Crippen LogP contribution < -0.4 is 9.47 Å². The molecule has 1 aliphatic rings. The molecule has 2 atom stereocenters. The van der Waals surface area contributed by atoms with Gasteiger partial charge in [-0.2, -0.15) is 0 Å². The topological polar surface area (TPSA) is 21.7 Å². The second-order valence-electron chi connectivity index (χ2n) is 6.21. The third-order valence-electron chi connectivity index (χ3n) is 4.67. The smallest absolute Gasteiger partial charge is 0.125 e. The Bertz CT molecular complexity index is 597. The zero-order chi connectivity index (χ0) is 16.1. The van der Waals surface area contributed by atoms with Crippen LogP contribution in [0.25, 0.3) is 0 Å². The summed E-state index contributed by atoms with van der Waals surface area (Å²) in [6.07, 6.45) is 3.64. The summed E-state index contributed by atoms with van der Waals surface area (Å²) in [5.41, 5.74) is 1.24. The minimum absolute atomic E-state index is 0.0788. The fourth-order valence-corrected chi connectivity index (χ4v) is 3.26. The third kappa shape index (κ3) is 4.05. The highest BCUT2D eigenvalue weighted by Gasteiger charge is 2.26. The van der Waals surface area contributed by atoms with Crippen molar-refractivity contribution in [2.45, 2.75) is 31.4 Å². The molecule has 2 aromatic rings. The molecule has 0 spiro atoms. The molecule has 23 heavy (non-hydrogen) atoms. The number of benzene rings is 2. The summed E-state index contributed by atoms with van der Waals surface area (Å²) in [5, 5.41) is 0. The van der Waals surface area contributed by atoms with Gasteiger partial charge in [-0.05, 0) is 56.3 Å². The fraction of sp³-hybridized carbons (Fsp3) is 0.400. The van der Waals surface area contributed by atoms with Gasteiger partial charge in [0.1, 0.15) is 17.6 Å². The van der Waals surface area contributed by atoms with Gasteiger partial charge in [0, 0.05) is 12.5 Å². The maximum absolute atomic E-state index is 6.33. The first kappa shape index (κ1) is 15.9. The maximum Gasteiger partial charge on any atom is 0.125 e. The molecule has 1 fully saturated rings. The van der Waals surface area contributed by atoms with Crippen LogP contribution in [0.2, 0.25) is 0 Å². The van der Waals surface area contributed by atoms with Crippen molar-refractivity contribution >= 4 is 0 Å². The Labute approximate surface area is 138 Å². The number of likely N-dealkylation sites (tertiary alicyclic amines) is 1. The lowest BCUT2D eigenvalue weighted by Crippen LogP contribution is -2.28. The minimum atomic E-state index is 0.0788. The highest BCUT2D eigenvalue weighted by molar-refractivity contribution is 5.32. The van der Waals surface area contributed by atoms with Gasteiger partial charge >= 0.3 is 0 Å². The van der Waals surface area contributed by atoms with E-state index in [1.807, 2.05) is 24.3 Å². The van der Waals surface area contributed by atoms with Gasteiger partial charge in [-0.3, -0.25) is 0 Å². The van der Waals surface area contributed by atoms with Crippen LogP contribution in [-0.4, -0.2) is 31.6 Å². The van der Waals surface area contributed by atoms with E-state index in [-0.39, 0.29) is 6.10 Å². The van der Waals surface area contributed by atoms with Gasteiger partial charge in [-0.25, -0.2) is 0 Å². The van der Waals surface area contributed by atoms with Crippen molar-refractivity contribution in [3.63, 3.8) is 0 Å². The Balaban J connectivity index is 1.76. The van der Waals surface area contributed by atoms with E-state index in [4.69, 9.17) is 9.47 Å². The monoisotopic (exact) mass is 311 g/mol. The second-order valence-corrected chi connectivity index (χ2v) is 6.21. The van der Waals surface area contributed by atoms with Gasteiger partial charge in [0.15, 0.2) is 0 Å². The quantitative estimate of drug-likeness (QED) is 0.794. The maximum atomic E-state index is 6.33. The Morgan fingerprint density at radius 2 is 1.74 bits per heavy atom. The van der Waals surface area contributed by atoms with E-state index < -0.39 is 0 Å². The molecule has 0 bridgehead atoms. The summed E-state index contributed by atoms with van der Waals surface area (Å²) in [7, 11) is 3.89. The van der Waals surface area contributed by atoms with Crippen molar-refractivity contribution < 1.29 is 9.47 Å². The largest absolute Gasteiger partial charge is 0.497 e. The van der Waals surface area contributed by atoms with Crippen molar-refractivity contribution in [1.82, 2.24) is 4.90 Å². The number of hydrogen-bond acceptors (Lipinski definition) is 3. The zero-order valence-electron chi connectivity index (χ0n) is 13.9.